The third kappa shape index (κ3) is 10.5. The van der Waals surface area contributed by atoms with Crippen LogP contribution in [0.4, 0.5) is 0 Å². The molecular weight excluding hydrogens is 458 g/mol. The van der Waals surface area contributed by atoms with Crippen molar-refractivity contribution >= 4 is 29.6 Å². The van der Waals surface area contributed by atoms with E-state index in [1.807, 2.05) is 13.8 Å². The van der Waals surface area contributed by atoms with E-state index in [4.69, 9.17) is 11.5 Å². The summed E-state index contributed by atoms with van der Waals surface area (Å²) in [6, 6.07) is -4.39. The van der Waals surface area contributed by atoms with Crippen molar-refractivity contribution in [2.45, 2.75) is 77.5 Å². The molecule has 0 aliphatic rings. The zero-order valence-electron chi connectivity index (χ0n) is 20.5. The number of carboxylic acids is 1. The SMILES string of the molecule is CC(C)CC(NC(=O)C(CCC(N)=O)NC(=O)C(N)C(C)C)C(=O)NC(Cc1cnc[nH]1)C(=O)O. The fourth-order valence-corrected chi connectivity index (χ4v) is 3.19. The van der Waals surface area contributed by atoms with E-state index in [9.17, 15) is 29.1 Å². The van der Waals surface area contributed by atoms with Gasteiger partial charge in [-0.1, -0.05) is 27.7 Å². The number of rotatable bonds is 15. The first-order valence-electron chi connectivity index (χ1n) is 11.5. The van der Waals surface area contributed by atoms with Gasteiger partial charge in [-0.3, -0.25) is 19.2 Å². The molecule has 4 atom stereocenters. The number of carbonyl (C=O) groups excluding carboxylic acids is 4. The zero-order valence-corrected chi connectivity index (χ0v) is 20.5. The Morgan fingerprint density at radius 3 is 2.03 bits per heavy atom. The van der Waals surface area contributed by atoms with Crippen molar-refractivity contribution in [3.05, 3.63) is 18.2 Å². The highest BCUT2D eigenvalue weighted by atomic mass is 16.4. The normalized spacial score (nSPS) is 14.6. The molecule has 4 unspecified atom stereocenters. The van der Waals surface area contributed by atoms with Gasteiger partial charge in [0.15, 0.2) is 0 Å². The van der Waals surface area contributed by atoms with Crippen molar-refractivity contribution in [2.75, 3.05) is 0 Å². The maximum Gasteiger partial charge on any atom is 0.326 e. The molecule has 35 heavy (non-hydrogen) atoms. The Morgan fingerprint density at radius 2 is 1.54 bits per heavy atom. The quantitative estimate of drug-likeness (QED) is 0.156. The van der Waals surface area contributed by atoms with Gasteiger partial charge in [-0.15, -0.1) is 0 Å². The minimum atomic E-state index is -1.26. The molecule has 0 aliphatic carbocycles. The molecular formula is C22H37N7O6. The molecule has 4 amide bonds. The average molecular weight is 496 g/mol. The number of amides is 4. The van der Waals surface area contributed by atoms with Gasteiger partial charge < -0.3 is 37.5 Å². The number of hydrogen-bond donors (Lipinski definition) is 7. The number of primary amides is 1. The standard InChI is InChI=1S/C22H37N7O6/c1-11(2)7-15(20(32)29-16(22(34)35)8-13-9-25-10-26-13)28-19(31)14(5-6-17(23)30)27-21(33)18(24)12(3)4/h9-12,14-16,18H,5-8,24H2,1-4H3,(H2,23,30)(H,25,26)(H,27,33)(H,28,31)(H,29,32)(H,34,35). The number of aliphatic carboxylic acids is 1. The molecule has 0 aliphatic heterocycles. The van der Waals surface area contributed by atoms with Crippen molar-refractivity contribution in [3.63, 3.8) is 0 Å². The first kappa shape index (κ1) is 29.6. The highest BCUT2D eigenvalue weighted by Gasteiger charge is 2.31. The second-order valence-electron chi connectivity index (χ2n) is 9.21. The lowest BCUT2D eigenvalue weighted by molar-refractivity contribution is -0.142. The Morgan fingerprint density at radius 1 is 0.971 bits per heavy atom. The van der Waals surface area contributed by atoms with Gasteiger partial charge in [-0.05, 0) is 24.7 Å². The van der Waals surface area contributed by atoms with Gasteiger partial charge in [0.25, 0.3) is 0 Å². The Hall–Kier alpha value is -3.48. The van der Waals surface area contributed by atoms with Crippen molar-refractivity contribution < 1.29 is 29.1 Å². The van der Waals surface area contributed by atoms with Gasteiger partial charge in [-0.25, -0.2) is 9.78 Å². The molecule has 0 saturated heterocycles. The van der Waals surface area contributed by atoms with Crippen LogP contribution < -0.4 is 27.4 Å². The van der Waals surface area contributed by atoms with E-state index < -0.39 is 53.8 Å². The summed E-state index contributed by atoms with van der Waals surface area (Å²) >= 11 is 0. The summed E-state index contributed by atoms with van der Waals surface area (Å²) in [6.45, 7) is 7.15. The lowest BCUT2D eigenvalue weighted by Gasteiger charge is -2.26. The molecule has 0 radical (unpaired) electrons. The van der Waals surface area contributed by atoms with Crippen LogP contribution >= 0.6 is 0 Å². The van der Waals surface area contributed by atoms with Crippen LogP contribution in [-0.2, 0) is 30.4 Å². The van der Waals surface area contributed by atoms with Gasteiger partial charge in [0.05, 0.1) is 12.4 Å². The first-order chi connectivity index (χ1) is 16.3. The summed E-state index contributed by atoms with van der Waals surface area (Å²) < 4.78 is 0. The topological polar surface area (TPSA) is 222 Å². The van der Waals surface area contributed by atoms with Crippen molar-refractivity contribution in [2.24, 2.45) is 23.3 Å². The Kier molecular flexibility index (Phi) is 11.9. The van der Waals surface area contributed by atoms with E-state index in [-0.39, 0.29) is 37.5 Å². The molecule has 0 aromatic carbocycles. The number of nitrogens with two attached hydrogens (primary N) is 2. The summed E-state index contributed by atoms with van der Waals surface area (Å²) in [7, 11) is 0. The number of aromatic nitrogens is 2. The van der Waals surface area contributed by atoms with Crippen LogP contribution in [0, 0.1) is 11.8 Å². The highest BCUT2D eigenvalue weighted by Crippen LogP contribution is 2.09. The van der Waals surface area contributed by atoms with Gasteiger partial charge in [0.2, 0.25) is 23.6 Å². The molecule has 0 spiro atoms. The van der Waals surface area contributed by atoms with Crippen molar-refractivity contribution in [1.29, 1.82) is 0 Å². The van der Waals surface area contributed by atoms with Gasteiger partial charge in [0, 0.05) is 24.7 Å². The van der Waals surface area contributed by atoms with Gasteiger partial charge in [0.1, 0.15) is 18.1 Å². The number of imidazole rings is 1. The van der Waals surface area contributed by atoms with E-state index in [0.717, 1.165) is 0 Å². The predicted molar refractivity (Wildman–Crippen MR) is 126 cm³/mol. The number of hydrogen-bond acceptors (Lipinski definition) is 7. The fourth-order valence-electron chi connectivity index (χ4n) is 3.19. The Bertz CT molecular complexity index is 872. The molecule has 13 heteroatoms. The third-order valence-corrected chi connectivity index (χ3v) is 5.27. The zero-order chi connectivity index (χ0) is 26.7. The van der Waals surface area contributed by atoms with Crippen LogP contribution in [0.1, 0.15) is 52.7 Å². The molecule has 0 fully saturated rings. The minimum absolute atomic E-state index is 0.0324. The number of H-pyrrole nitrogens is 1. The van der Waals surface area contributed by atoms with Crippen LogP contribution in [0.25, 0.3) is 0 Å². The van der Waals surface area contributed by atoms with Crippen LogP contribution in [0.15, 0.2) is 12.5 Å². The van der Waals surface area contributed by atoms with E-state index in [1.54, 1.807) is 13.8 Å². The number of nitrogens with one attached hydrogen (secondary N) is 4. The molecule has 196 valence electrons. The lowest BCUT2D eigenvalue weighted by atomic mass is 10.0. The van der Waals surface area contributed by atoms with E-state index in [1.165, 1.54) is 12.5 Å². The van der Waals surface area contributed by atoms with Crippen molar-refractivity contribution in [1.82, 2.24) is 25.9 Å². The van der Waals surface area contributed by atoms with E-state index >= 15 is 0 Å². The predicted octanol–water partition coefficient (Wildman–Crippen LogP) is -1.21. The number of carbonyl (C=O) groups is 5. The van der Waals surface area contributed by atoms with Crippen LogP contribution in [0.5, 0.6) is 0 Å². The maximum absolute atomic E-state index is 13.0. The third-order valence-electron chi connectivity index (χ3n) is 5.27. The molecule has 0 bridgehead atoms. The molecule has 1 heterocycles. The Labute approximate surface area is 204 Å². The van der Waals surface area contributed by atoms with E-state index in [0.29, 0.717) is 5.69 Å². The highest BCUT2D eigenvalue weighted by molar-refractivity contribution is 5.94. The second-order valence-corrected chi connectivity index (χ2v) is 9.21. The molecule has 13 nitrogen and oxygen atoms in total. The minimum Gasteiger partial charge on any atom is -0.480 e. The smallest absolute Gasteiger partial charge is 0.326 e. The van der Waals surface area contributed by atoms with Gasteiger partial charge in [-0.2, -0.15) is 0 Å². The van der Waals surface area contributed by atoms with Crippen LogP contribution in [-0.4, -0.2) is 68.8 Å². The summed E-state index contributed by atoms with van der Waals surface area (Å²) in [4.78, 5) is 68.0. The summed E-state index contributed by atoms with van der Waals surface area (Å²) in [5.74, 6) is -4.14. The monoisotopic (exact) mass is 495 g/mol. The van der Waals surface area contributed by atoms with Crippen LogP contribution in [0.2, 0.25) is 0 Å². The lowest BCUT2D eigenvalue weighted by Crippen LogP contribution is -2.58. The van der Waals surface area contributed by atoms with Crippen LogP contribution in [0.3, 0.4) is 0 Å². The van der Waals surface area contributed by atoms with Crippen molar-refractivity contribution in [3.8, 4) is 0 Å². The van der Waals surface area contributed by atoms with E-state index in [2.05, 4.69) is 25.9 Å². The van der Waals surface area contributed by atoms with Gasteiger partial charge >= 0.3 is 5.97 Å². The molecule has 1 rings (SSSR count). The molecule has 1 aromatic rings. The number of carboxylic acid groups (broad SMARTS) is 1. The largest absolute Gasteiger partial charge is 0.480 e. The Balaban J connectivity index is 3.01. The number of aromatic amines is 1. The fraction of sp³-hybridized carbons (Fsp3) is 0.636. The number of nitrogens with zero attached hydrogens (tertiary/aromatic N) is 1. The first-order valence-corrected chi connectivity index (χ1v) is 11.5. The molecule has 9 N–H and O–H groups in total. The molecule has 0 saturated carbocycles. The second kappa shape index (κ2) is 14.0. The maximum atomic E-state index is 13.0. The summed E-state index contributed by atoms with van der Waals surface area (Å²) in [5, 5.41) is 17.1. The summed E-state index contributed by atoms with van der Waals surface area (Å²) in [5.41, 5.74) is 11.6. The molecule has 1 aromatic heterocycles. The summed E-state index contributed by atoms with van der Waals surface area (Å²) in [6.07, 6.45) is 2.74. The average Bonchev–Trinajstić information content (AvgIpc) is 3.27.